The van der Waals surface area contributed by atoms with Crippen molar-refractivity contribution in [3.05, 3.63) is 18.2 Å². The van der Waals surface area contributed by atoms with E-state index < -0.39 is 25.0 Å². The molecule has 0 aliphatic heterocycles. The number of hydrogen-bond acceptors (Lipinski definition) is 5. The van der Waals surface area contributed by atoms with Crippen molar-refractivity contribution in [2.75, 3.05) is 0 Å². The van der Waals surface area contributed by atoms with Gasteiger partial charge in [0.15, 0.2) is 0 Å². The second kappa shape index (κ2) is 7.15. The molecular formula is C10H19BN4O3. The van der Waals surface area contributed by atoms with E-state index in [-0.39, 0.29) is 0 Å². The van der Waals surface area contributed by atoms with Crippen molar-refractivity contribution in [2.45, 2.75) is 38.2 Å². The van der Waals surface area contributed by atoms with Gasteiger partial charge < -0.3 is 26.1 Å². The molecule has 0 aliphatic carbocycles. The number of aromatic amines is 1. The zero-order chi connectivity index (χ0) is 13.5. The first-order valence-corrected chi connectivity index (χ1v) is 5.94. The number of carbonyl (C=O) groups is 1. The van der Waals surface area contributed by atoms with Crippen LogP contribution in [0.4, 0.5) is 0 Å². The third-order valence-corrected chi connectivity index (χ3v) is 2.62. The Kier molecular flexibility index (Phi) is 5.83. The molecule has 0 spiro atoms. The lowest BCUT2D eigenvalue weighted by Crippen LogP contribution is -2.52. The molecule has 1 heterocycles. The van der Waals surface area contributed by atoms with Gasteiger partial charge in [0.05, 0.1) is 18.3 Å². The van der Waals surface area contributed by atoms with E-state index in [2.05, 4.69) is 15.3 Å². The highest BCUT2D eigenvalue weighted by molar-refractivity contribution is 6.43. The number of carbonyl (C=O) groups excluding carboxylic acids is 1. The van der Waals surface area contributed by atoms with E-state index in [1.807, 2.05) is 6.92 Å². The normalized spacial score (nSPS) is 14.0. The summed E-state index contributed by atoms with van der Waals surface area (Å²) in [4.78, 5) is 18.5. The summed E-state index contributed by atoms with van der Waals surface area (Å²) < 4.78 is 0. The first-order chi connectivity index (χ1) is 8.54. The largest absolute Gasteiger partial charge is 0.475 e. The number of nitrogens with zero attached hydrogens (tertiary/aromatic N) is 1. The summed E-state index contributed by atoms with van der Waals surface area (Å²) in [7, 11) is -1.58. The molecule has 1 aromatic rings. The Balaban J connectivity index is 2.47. The van der Waals surface area contributed by atoms with Crippen LogP contribution in [0.1, 0.15) is 25.5 Å². The third-order valence-electron chi connectivity index (χ3n) is 2.62. The van der Waals surface area contributed by atoms with E-state index >= 15 is 0 Å². The number of nitrogens with two attached hydrogens (primary N) is 1. The second-order valence-corrected chi connectivity index (χ2v) is 4.20. The number of hydrogen-bond donors (Lipinski definition) is 5. The maximum atomic E-state index is 11.8. The van der Waals surface area contributed by atoms with Crippen molar-refractivity contribution in [3.8, 4) is 0 Å². The quantitative estimate of drug-likeness (QED) is 0.382. The Morgan fingerprint density at radius 2 is 2.39 bits per heavy atom. The van der Waals surface area contributed by atoms with Gasteiger partial charge in [0, 0.05) is 18.3 Å². The van der Waals surface area contributed by atoms with Gasteiger partial charge in [-0.05, 0) is 6.42 Å². The summed E-state index contributed by atoms with van der Waals surface area (Å²) in [5.74, 6) is -1.09. The smallest absolute Gasteiger partial charge is 0.426 e. The molecular weight excluding hydrogens is 235 g/mol. The molecule has 2 atom stereocenters. The lowest BCUT2D eigenvalue weighted by molar-refractivity contribution is -0.122. The van der Waals surface area contributed by atoms with Crippen LogP contribution in [0.15, 0.2) is 12.5 Å². The van der Waals surface area contributed by atoms with E-state index in [0.717, 1.165) is 12.1 Å². The zero-order valence-corrected chi connectivity index (χ0v) is 10.3. The molecule has 6 N–H and O–H groups in total. The van der Waals surface area contributed by atoms with Gasteiger partial charge in [-0.15, -0.1) is 0 Å². The maximum Gasteiger partial charge on any atom is 0.475 e. The van der Waals surface area contributed by atoms with Crippen LogP contribution in [0, 0.1) is 0 Å². The van der Waals surface area contributed by atoms with Crippen LogP contribution < -0.4 is 11.1 Å². The second-order valence-electron chi connectivity index (χ2n) is 4.20. The predicted octanol–water partition coefficient (Wildman–Crippen LogP) is -1.42. The monoisotopic (exact) mass is 254 g/mol. The van der Waals surface area contributed by atoms with Crippen molar-refractivity contribution in [1.29, 1.82) is 0 Å². The molecule has 7 nitrogen and oxygen atoms in total. The summed E-state index contributed by atoms with van der Waals surface area (Å²) in [6.45, 7) is 1.89. The number of amides is 1. The van der Waals surface area contributed by atoms with Gasteiger partial charge >= 0.3 is 7.12 Å². The van der Waals surface area contributed by atoms with Gasteiger partial charge in [-0.2, -0.15) is 0 Å². The van der Waals surface area contributed by atoms with E-state index in [0.29, 0.717) is 12.8 Å². The van der Waals surface area contributed by atoms with Crippen LogP contribution in [-0.4, -0.2) is 45.0 Å². The van der Waals surface area contributed by atoms with E-state index in [9.17, 15) is 4.79 Å². The predicted molar refractivity (Wildman–Crippen MR) is 67.3 cm³/mol. The molecule has 0 bridgehead atoms. The minimum atomic E-state index is -1.58. The molecule has 0 radical (unpaired) electrons. The molecule has 1 rings (SSSR count). The molecule has 1 aromatic heterocycles. The molecule has 1 amide bonds. The summed E-state index contributed by atoms with van der Waals surface area (Å²) in [5, 5.41) is 20.8. The number of nitrogens with one attached hydrogen (secondary N) is 2. The van der Waals surface area contributed by atoms with Gasteiger partial charge in [0.1, 0.15) is 0 Å². The fourth-order valence-corrected chi connectivity index (χ4v) is 1.62. The zero-order valence-electron chi connectivity index (χ0n) is 10.3. The van der Waals surface area contributed by atoms with Gasteiger partial charge in [-0.25, -0.2) is 4.98 Å². The SMILES string of the molecule is CCC[C@H](NC(=O)[C@@H](N)Cc1cnc[nH]1)B(O)O. The van der Waals surface area contributed by atoms with Crippen LogP contribution in [0.25, 0.3) is 0 Å². The molecule has 8 heteroatoms. The molecule has 0 aromatic carbocycles. The van der Waals surface area contributed by atoms with Crippen LogP contribution in [0.3, 0.4) is 0 Å². The summed E-state index contributed by atoms with van der Waals surface area (Å²) in [6, 6.07) is -0.747. The van der Waals surface area contributed by atoms with Gasteiger partial charge in [0.2, 0.25) is 5.91 Å². The lowest BCUT2D eigenvalue weighted by Gasteiger charge is -2.19. The Morgan fingerprint density at radius 3 is 2.89 bits per heavy atom. The lowest BCUT2D eigenvalue weighted by atomic mass is 9.76. The molecule has 0 unspecified atom stereocenters. The number of aromatic nitrogens is 2. The molecule has 0 saturated heterocycles. The number of rotatable bonds is 7. The molecule has 18 heavy (non-hydrogen) atoms. The molecule has 0 saturated carbocycles. The minimum Gasteiger partial charge on any atom is -0.426 e. The summed E-state index contributed by atoms with van der Waals surface area (Å²) in [6.07, 6.45) is 4.65. The Labute approximate surface area is 106 Å². The maximum absolute atomic E-state index is 11.8. The van der Waals surface area contributed by atoms with Gasteiger partial charge in [-0.1, -0.05) is 13.3 Å². The first kappa shape index (κ1) is 14.7. The fourth-order valence-electron chi connectivity index (χ4n) is 1.62. The Hall–Kier alpha value is -1.38. The number of H-pyrrole nitrogens is 1. The average Bonchev–Trinajstić information content (AvgIpc) is 2.80. The van der Waals surface area contributed by atoms with Crippen molar-refractivity contribution in [1.82, 2.24) is 15.3 Å². The topological polar surface area (TPSA) is 124 Å². The van der Waals surface area contributed by atoms with Gasteiger partial charge in [-0.3, -0.25) is 4.79 Å². The highest BCUT2D eigenvalue weighted by Crippen LogP contribution is 2.01. The van der Waals surface area contributed by atoms with Gasteiger partial charge in [0.25, 0.3) is 0 Å². The van der Waals surface area contributed by atoms with Crippen LogP contribution in [0.2, 0.25) is 0 Å². The molecule has 0 aliphatic rings. The highest BCUT2D eigenvalue weighted by Gasteiger charge is 2.26. The van der Waals surface area contributed by atoms with Crippen LogP contribution >= 0.6 is 0 Å². The minimum absolute atomic E-state index is 0.326. The average molecular weight is 254 g/mol. The standard InChI is InChI=1S/C10H19BN4O3/c1-2-3-9(11(17)18)15-10(16)8(12)4-7-5-13-6-14-7/h5-6,8-9,17-18H,2-4,12H2,1H3,(H,13,14)(H,15,16)/t8-,9-/m0/s1. The van der Waals surface area contributed by atoms with Crippen molar-refractivity contribution < 1.29 is 14.8 Å². The molecule has 100 valence electrons. The Morgan fingerprint density at radius 1 is 1.67 bits per heavy atom. The number of imidazole rings is 1. The van der Waals surface area contributed by atoms with E-state index in [1.54, 1.807) is 6.20 Å². The molecule has 0 fully saturated rings. The van der Waals surface area contributed by atoms with Crippen LogP contribution in [0.5, 0.6) is 0 Å². The summed E-state index contributed by atoms with van der Waals surface area (Å²) >= 11 is 0. The summed E-state index contributed by atoms with van der Waals surface area (Å²) in [5.41, 5.74) is 6.49. The van der Waals surface area contributed by atoms with Crippen LogP contribution in [-0.2, 0) is 11.2 Å². The van der Waals surface area contributed by atoms with E-state index in [1.165, 1.54) is 6.33 Å². The first-order valence-electron chi connectivity index (χ1n) is 5.94. The Bertz CT molecular complexity index is 358. The van der Waals surface area contributed by atoms with Crippen molar-refractivity contribution >= 4 is 13.0 Å². The fraction of sp³-hybridized carbons (Fsp3) is 0.600. The van der Waals surface area contributed by atoms with E-state index in [4.69, 9.17) is 15.8 Å². The third kappa shape index (κ3) is 4.48. The van der Waals surface area contributed by atoms with Crippen molar-refractivity contribution in [3.63, 3.8) is 0 Å². The van der Waals surface area contributed by atoms with Crippen molar-refractivity contribution in [2.24, 2.45) is 5.73 Å². The highest BCUT2D eigenvalue weighted by atomic mass is 16.4.